The van der Waals surface area contributed by atoms with Crippen molar-refractivity contribution in [2.24, 2.45) is 5.14 Å². The van der Waals surface area contributed by atoms with Gasteiger partial charge in [0, 0.05) is 6.07 Å². The lowest BCUT2D eigenvalue weighted by atomic mass is 10.3. The lowest BCUT2D eigenvalue weighted by Gasteiger charge is -2.03. The molecule has 72 valence electrons. The Balaban J connectivity index is 3.50. The number of hydrogen-bond acceptors (Lipinski definition) is 3. The van der Waals surface area contributed by atoms with Gasteiger partial charge in [-0.15, -0.1) is 0 Å². The zero-order valence-corrected chi connectivity index (χ0v) is 8.49. The van der Waals surface area contributed by atoms with Crippen LogP contribution in [0.4, 0.5) is 0 Å². The highest BCUT2D eigenvalue weighted by Crippen LogP contribution is 2.31. The number of rotatable bonds is 1. The van der Waals surface area contributed by atoms with Crippen LogP contribution in [-0.2, 0) is 10.0 Å². The van der Waals surface area contributed by atoms with E-state index in [1.54, 1.807) is 0 Å². The number of sulfonamides is 1. The summed E-state index contributed by atoms with van der Waals surface area (Å²) >= 11 is 11.0. The molecule has 0 atom stereocenters. The first-order valence-electron chi connectivity index (χ1n) is 3.03. The van der Waals surface area contributed by atoms with Crippen molar-refractivity contribution >= 4 is 33.2 Å². The van der Waals surface area contributed by atoms with Crippen molar-refractivity contribution in [3.05, 3.63) is 22.2 Å². The van der Waals surface area contributed by atoms with Crippen LogP contribution < -0.4 is 5.14 Å². The van der Waals surface area contributed by atoms with Crippen molar-refractivity contribution in [1.82, 2.24) is 0 Å². The number of primary sulfonamides is 1. The van der Waals surface area contributed by atoms with E-state index in [4.69, 9.17) is 33.4 Å². The Kier molecular flexibility index (Phi) is 2.72. The third-order valence-corrected chi connectivity index (χ3v) is 2.99. The molecule has 0 aliphatic carbocycles. The Morgan fingerprint density at radius 2 is 1.77 bits per heavy atom. The minimum Gasteiger partial charge on any atom is -0.506 e. The maximum absolute atomic E-state index is 10.9. The molecule has 0 aromatic heterocycles. The summed E-state index contributed by atoms with van der Waals surface area (Å²) in [5.74, 6) is -0.293. The number of benzene rings is 1. The van der Waals surface area contributed by atoms with Gasteiger partial charge in [-0.25, -0.2) is 13.6 Å². The van der Waals surface area contributed by atoms with E-state index >= 15 is 0 Å². The Labute approximate surface area is 84.9 Å². The second-order valence-electron chi connectivity index (χ2n) is 2.28. The summed E-state index contributed by atoms with van der Waals surface area (Å²) in [5, 5.41) is 13.6. The molecule has 13 heavy (non-hydrogen) atoms. The van der Waals surface area contributed by atoms with Gasteiger partial charge in [-0.3, -0.25) is 0 Å². The third kappa shape index (κ3) is 2.25. The fourth-order valence-corrected chi connectivity index (χ4v) is 2.06. The van der Waals surface area contributed by atoms with E-state index in [1.807, 2.05) is 0 Å². The van der Waals surface area contributed by atoms with Crippen LogP contribution in [0.5, 0.6) is 5.75 Å². The fourth-order valence-electron chi connectivity index (χ4n) is 0.736. The van der Waals surface area contributed by atoms with Gasteiger partial charge in [-0.05, 0) is 6.07 Å². The van der Waals surface area contributed by atoms with Gasteiger partial charge >= 0.3 is 0 Å². The largest absolute Gasteiger partial charge is 0.506 e. The second kappa shape index (κ2) is 3.34. The van der Waals surface area contributed by atoms with Crippen LogP contribution in [0.2, 0.25) is 10.0 Å². The number of aromatic hydroxyl groups is 1. The van der Waals surface area contributed by atoms with Crippen LogP contribution in [0.1, 0.15) is 0 Å². The van der Waals surface area contributed by atoms with E-state index in [1.165, 1.54) is 0 Å². The van der Waals surface area contributed by atoms with Crippen LogP contribution in [-0.4, -0.2) is 13.5 Å². The quantitative estimate of drug-likeness (QED) is 0.779. The molecule has 0 amide bonds. The average molecular weight is 242 g/mol. The smallest absolute Gasteiger partial charge is 0.239 e. The topological polar surface area (TPSA) is 80.4 Å². The van der Waals surface area contributed by atoms with Gasteiger partial charge in [0.25, 0.3) is 0 Å². The molecule has 0 bridgehead atoms. The Morgan fingerprint density at radius 1 is 1.23 bits per heavy atom. The molecule has 0 aliphatic heterocycles. The van der Waals surface area contributed by atoms with Crippen molar-refractivity contribution in [3.8, 4) is 5.75 Å². The molecule has 0 unspecified atom stereocenters. The van der Waals surface area contributed by atoms with Crippen molar-refractivity contribution < 1.29 is 13.5 Å². The monoisotopic (exact) mass is 241 g/mol. The predicted molar refractivity (Wildman–Crippen MR) is 49.5 cm³/mol. The van der Waals surface area contributed by atoms with Gasteiger partial charge < -0.3 is 5.11 Å². The first kappa shape index (κ1) is 10.6. The molecule has 7 heteroatoms. The van der Waals surface area contributed by atoms with E-state index in [-0.39, 0.29) is 20.7 Å². The van der Waals surface area contributed by atoms with Crippen molar-refractivity contribution in [2.75, 3.05) is 0 Å². The Morgan fingerprint density at radius 3 is 2.23 bits per heavy atom. The first-order valence-corrected chi connectivity index (χ1v) is 5.33. The second-order valence-corrected chi connectivity index (χ2v) is 4.62. The molecule has 0 radical (unpaired) electrons. The molecule has 0 aliphatic rings. The summed E-state index contributed by atoms with van der Waals surface area (Å²) < 4.78 is 21.7. The zero-order chi connectivity index (χ0) is 10.2. The highest BCUT2D eigenvalue weighted by atomic mass is 35.5. The van der Waals surface area contributed by atoms with Gasteiger partial charge in [-0.2, -0.15) is 0 Å². The lowest BCUT2D eigenvalue weighted by Crippen LogP contribution is -2.12. The maximum Gasteiger partial charge on any atom is 0.239 e. The third-order valence-electron chi connectivity index (χ3n) is 1.31. The summed E-state index contributed by atoms with van der Waals surface area (Å²) in [7, 11) is -3.90. The van der Waals surface area contributed by atoms with Gasteiger partial charge in [0.1, 0.15) is 10.6 Å². The fraction of sp³-hybridized carbons (Fsp3) is 0. The molecule has 0 saturated carbocycles. The molecule has 0 saturated heterocycles. The summed E-state index contributed by atoms with van der Waals surface area (Å²) in [6.45, 7) is 0. The summed E-state index contributed by atoms with van der Waals surface area (Å²) in [5.41, 5.74) is 0. The molecule has 0 fully saturated rings. The molecule has 1 rings (SSSR count). The molecule has 0 spiro atoms. The molecule has 0 heterocycles. The minimum absolute atomic E-state index is 0.117. The molecular formula is C6H5Cl2NO3S. The lowest BCUT2D eigenvalue weighted by molar-refractivity contribution is 0.475. The Bertz CT molecular complexity index is 443. The van der Waals surface area contributed by atoms with E-state index in [0.29, 0.717) is 0 Å². The van der Waals surface area contributed by atoms with Crippen LogP contribution in [0, 0.1) is 0 Å². The number of phenolic OH excluding ortho intramolecular Hbond substituents is 1. The Hall–Kier alpha value is -0.490. The van der Waals surface area contributed by atoms with Crippen LogP contribution in [0.3, 0.4) is 0 Å². The number of phenols is 1. The van der Waals surface area contributed by atoms with E-state index in [0.717, 1.165) is 12.1 Å². The molecular weight excluding hydrogens is 237 g/mol. The van der Waals surface area contributed by atoms with Crippen molar-refractivity contribution in [3.63, 3.8) is 0 Å². The standard InChI is InChI=1S/C6H5Cl2NO3S/c7-3-2-6(13(9,11)12)4(8)1-5(3)10/h1-2,10H,(H2,9,11,12). The highest BCUT2D eigenvalue weighted by Gasteiger charge is 2.15. The van der Waals surface area contributed by atoms with E-state index in [2.05, 4.69) is 0 Å². The van der Waals surface area contributed by atoms with Crippen molar-refractivity contribution in [2.45, 2.75) is 4.90 Å². The maximum atomic E-state index is 10.9. The van der Waals surface area contributed by atoms with Gasteiger partial charge in [0.15, 0.2) is 0 Å². The van der Waals surface area contributed by atoms with Gasteiger partial charge in [0.2, 0.25) is 10.0 Å². The van der Waals surface area contributed by atoms with E-state index < -0.39 is 10.0 Å². The van der Waals surface area contributed by atoms with Gasteiger partial charge in [-0.1, -0.05) is 23.2 Å². The molecule has 1 aromatic rings. The predicted octanol–water partition coefficient (Wildman–Crippen LogP) is 1.35. The van der Waals surface area contributed by atoms with Crippen LogP contribution >= 0.6 is 23.2 Å². The highest BCUT2D eigenvalue weighted by molar-refractivity contribution is 7.89. The number of nitrogens with two attached hydrogens (primary N) is 1. The first-order chi connectivity index (χ1) is 5.82. The van der Waals surface area contributed by atoms with Gasteiger partial charge in [0.05, 0.1) is 10.0 Å². The zero-order valence-electron chi connectivity index (χ0n) is 6.16. The summed E-state index contributed by atoms with van der Waals surface area (Å²) in [4.78, 5) is -0.308. The molecule has 1 aromatic carbocycles. The van der Waals surface area contributed by atoms with Crippen LogP contribution in [0.15, 0.2) is 17.0 Å². The van der Waals surface area contributed by atoms with Crippen LogP contribution in [0.25, 0.3) is 0 Å². The SMILES string of the molecule is NS(=O)(=O)c1cc(Cl)c(O)cc1Cl. The number of hydrogen-bond donors (Lipinski definition) is 2. The summed E-state index contributed by atoms with van der Waals surface area (Å²) in [6, 6.07) is 2.01. The number of halogens is 2. The minimum atomic E-state index is -3.90. The van der Waals surface area contributed by atoms with E-state index in [9.17, 15) is 8.42 Å². The molecule has 3 N–H and O–H groups in total. The van der Waals surface area contributed by atoms with Crippen molar-refractivity contribution in [1.29, 1.82) is 0 Å². The average Bonchev–Trinajstić information content (AvgIpc) is 1.94. The normalized spacial score (nSPS) is 11.6. The molecule has 4 nitrogen and oxygen atoms in total. The summed E-state index contributed by atoms with van der Waals surface area (Å²) in [6.07, 6.45) is 0.